The molecule has 3 rings (SSSR count). The Balaban J connectivity index is 1.70. The molecule has 0 unspecified atom stereocenters. The average Bonchev–Trinajstić information content (AvgIpc) is 3.18. The molecule has 0 aromatic heterocycles. The lowest BCUT2D eigenvalue weighted by molar-refractivity contribution is -0.132. The summed E-state index contributed by atoms with van der Waals surface area (Å²) in [6.45, 7) is 7.88. The second-order valence-corrected chi connectivity index (χ2v) is 6.54. The lowest BCUT2D eigenvalue weighted by Gasteiger charge is -2.28. The monoisotopic (exact) mass is 328 g/mol. The summed E-state index contributed by atoms with van der Waals surface area (Å²) >= 11 is 0. The summed E-state index contributed by atoms with van der Waals surface area (Å²) in [7, 11) is 0. The van der Waals surface area contributed by atoms with Crippen LogP contribution in [0.15, 0.2) is 36.9 Å². The summed E-state index contributed by atoms with van der Waals surface area (Å²) in [5.74, 6) is 0.0605. The molecule has 2 saturated heterocycles. The van der Waals surface area contributed by atoms with Gasteiger partial charge in [0.25, 0.3) is 0 Å². The van der Waals surface area contributed by atoms with Crippen molar-refractivity contribution >= 4 is 11.8 Å². The largest absolute Gasteiger partial charge is 0.369 e. The summed E-state index contributed by atoms with van der Waals surface area (Å²) in [6, 6.07) is 8.13. The van der Waals surface area contributed by atoms with Gasteiger partial charge in [-0.25, -0.2) is 0 Å². The van der Waals surface area contributed by atoms with Crippen molar-refractivity contribution in [3.05, 3.63) is 48.0 Å². The average molecular weight is 328 g/mol. The summed E-state index contributed by atoms with van der Waals surface area (Å²) in [5.41, 5.74) is 2.30. The molecule has 0 spiro atoms. The van der Waals surface area contributed by atoms with Gasteiger partial charge in [0.05, 0.1) is 18.8 Å². The summed E-state index contributed by atoms with van der Waals surface area (Å²) < 4.78 is 6.12. The minimum Gasteiger partial charge on any atom is -0.369 e. The Labute approximate surface area is 142 Å². The third kappa shape index (κ3) is 3.51. The number of rotatable bonds is 5. The first-order valence-corrected chi connectivity index (χ1v) is 8.46. The summed E-state index contributed by atoms with van der Waals surface area (Å²) in [5, 5.41) is 0. The van der Waals surface area contributed by atoms with Gasteiger partial charge in [0.1, 0.15) is 0 Å². The third-order valence-corrected chi connectivity index (χ3v) is 4.78. The fraction of sp³-hybridized carbons (Fsp3) is 0.474. The van der Waals surface area contributed by atoms with Crippen LogP contribution in [0.2, 0.25) is 0 Å². The van der Waals surface area contributed by atoms with Crippen LogP contribution >= 0.6 is 0 Å². The van der Waals surface area contributed by atoms with Crippen molar-refractivity contribution < 1.29 is 14.3 Å². The van der Waals surface area contributed by atoms with Gasteiger partial charge in [-0.15, -0.1) is 0 Å². The first kappa shape index (κ1) is 16.7. The van der Waals surface area contributed by atoms with E-state index in [-0.39, 0.29) is 24.0 Å². The lowest BCUT2D eigenvalue weighted by Crippen LogP contribution is -2.45. The normalized spacial score (nSPS) is 23.8. The predicted molar refractivity (Wildman–Crippen MR) is 91.3 cm³/mol. The minimum atomic E-state index is -0.156. The molecular weight excluding hydrogens is 304 g/mol. The zero-order valence-electron chi connectivity index (χ0n) is 14.1. The Morgan fingerprint density at radius 3 is 2.92 bits per heavy atom. The number of nitrogens with zero attached hydrogens (tertiary/aromatic N) is 2. The number of ether oxygens (including phenoxy) is 1. The van der Waals surface area contributed by atoms with Crippen LogP contribution in [0.4, 0.5) is 0 Å². The van der Waals surface area contributed by atoms with Gasteiger partial charge >= 0.3 is 0 Å². The molecule has 1 aromatic rings. The smallest absolute Gasteiger partial charge is 0.246 e. The van der Waals surface area contributed by atoms with Gasteiger partial charge in [0.2, 0.25) is 11.8 Å². The van der Waals surface area contributed by atoms with Crippen molar-refractivity contribution in [3.63, 3.8) is 0 Å². The molecule has 0 saturated carbocycles. The number of benzene rings is 1. The Kier molecular flexibility index (Phi) is 5.00. The zero-order chi connectivity index (χ0) is 17.1. The predicted octanol–water partition coefficient (Wildman–Crippen LogP) is 1.90. The maximum atomic E-state index is 12.1. The van der Waals surface area contributed by atoms with Crippen molar-refractivity contribution in [2.75, 3.05) is 19.6 Å². The SMILES string of the molecule is C=CC(=O)N1C[C@@H](N2CCCC2=O)[C@H](OCc2cccc(C)c2)C1. The fourth-order valence-corrected chi connectivity index (χ4v) is 3.55. The number of hydrogen-bond acceptors (Lipinski definition) is 3. The number of carbonyl (C=O) groups excluding carboxylic acids is 2. The highest BCUT2D eigenvalue weighted by Gasteiger charge is 2.41. The molecule has 128 valence electrons. The van der Waals surface area contributed by atoms with Crippen molar-refractivity contribution in [1.29, 1.82) is 0 Å². The molecule has 5 nitrogen and oxygen atoms in total. The Bertz CT molecular complexity index is 643. The number of likely N-dealkylation sites (tertiary alicyclic amines) is 2. The Morgan fingerprint density at radius 1 is 1.42 bits per heavy atom. The molecule has 24 heavy (non-hydrogen) atoms. The minimum absolute atomic E-state index is 0.0614. The quantitative estimate of drug-likeness (QED) is 0.776. The molecule has 5 heteroatoms. The molecule has 2 atom stereocenters. The molecule has 0 N–H and O–H groups in total. The lowest BCUT2D eigenvalue weighted by atomic mass is 10.1. The van der Waals surface area contributed by atoms with E-state index in [2.05, 4.69) is 25.6 Å². The maximum Gasteiger partial charge on any atom is 0.246 e. The van der Waals surface area contributed by atoms with E-state index in [4.69, 9.17) is 4.74 Å². The van der Waals surface area contributed by atoms with Gasteiger partial charge in [-0.05, 0) is 25.0 Å². The van der Waals surface area contributed by atoms with E-state index in [1.807, 2.05) is 17.0 Å². The van der Waals surface area contributed by atoms with Crippen molar-refractivity contribution in [3.8, 4) is 0 Å². The topological polar surface area (TPSA) is 49.9 Å². The van der Waals surface area contributed by atoms with Crippen LogP contribution in [-0.2, 0) is 20.9 Å². The van der Waals surface area contributed by atoms with E-state index in [1.54, 1.807) is 4.90 Å². The highest BCUT2D eigenvalue weighted by atomic mass is 16.5. The molecular formula is C19H24N2O3. The second-order valence-electron chi connectivity index (χ2n) is 6.54. The van der Waals surface area contributed by atoms with Crippen LogP contribution in [0.5, 0.6) is 0 Å². The van der Waals surface area contributed by atoms with E-state index >= 15 is 0 Å². The van der Waals surface area contributed by atoms with Gasteiger partial charge in [0, 0.05) is 26.1 Å². The maximum absolute atomic E-state index is 12.1. The van der Waals surface area contributed by atoms with E-state index < -0.39 is 0 Å². The standard InChI is InChI=1S/C19H24N2O3/c1-3-18(22)20-11-16(21-9-5-8-19(21)23)17(12-20)24-13-15-7-4-6-14(2)10-15/h3-4,6-7,10,16-17H,1,5,8-9,11-13H2,2H3/t16-,17-/m1/s1. The van der Waals surface area contributed by atoms with E-state index in [9.17, 15) is 9.59 Å². The van der Waals surface area contributed by atoms with Crippen LogP contribution in [0.3, 0.4) is 0 Å². The van der Waals surface area contributed by atoms with Gasteiger partial charge in [-0.3, -0.25) is 9.59 Å². The molecule has 2 fully saturated rings. The molecule has 2 amide bonds. The Hall–Kier alpha value is -2.14. The van der Waals surface area contributed by atoms with Gasteiger partial charge in [-0.1, -0.05) is 36.4 Å². The van der Waals surface area contributed by atoms with Crippen LogP contribution in [0, 0.1) is 6.92 Å². The number of amides is 2. The van der Waals surface area contributed by atoms with Crippen LogP contribution in [0.25, 0.3) is 0 Å². The zero-order valence-corrected chi connectivity index (χ0v) is 14.1. The molecule has 0 bridgehead atoms. The van der Waals surface area contributed by atoms with Gasteiger partial charge in [0.15, 0.2) is 0 Å². The fourth-order valence-electron chi connectivity index (χ4n) is 3.55. The highest BCUT2D eigenvalue weighted by Crippen LogP contribution is 2.25. The van der Waals surface area contributed by atoms with Crippen LogP contribution < -0.4 is 0 Å². The highest BCUT2D eigenvalue weighted by molar-refractivity contribution is 5.87. The van der Waals surface area contributed by atoms with Crippen molar-refractivity contribution in [1.82, 2.24) is 9.80 Å². The van der Waals surface area contributed by atoms with E-state index in [0.717, 1.165) is 18.5 Å². The molecule has 2 aliphatic rings. The number of carbonyl (C=O) groups is 2. The van der Waals surface area contributed by atoms with Gasteiger partial charge < -0.3 is 14.5 Å². The van der Waals surface area contributed by atoms with Crippen molar-refractivity contribution in [2.45, 2.75) is 38.5 Å². The number of aryl methyl sites for hydroxylation is 1. The van der Waals surface area contributed by atoms with Gasteiger partial charge in [-0.2, -0.15) is 0 Å². The third-order valence-electron chi connectivity index (χ3n) is 4.78. The van der Waals surface area contributed by atoms with E-state index in [0.29, 0.717) is 26.1 Å². The summed E-state index contributed by atoms with van der Waals surface area (Å²) in [4.78, 5) is 27.7. The van der Waals surface area contributed by atoms with Crippen LogP contribution in [-0.4, -0.2) is 53.4 Å². The van der Waals surface area contributed by atoms with Crippen LogP contribution in [0.1, 0.15) is 24.0 Å². The van der Waals surface area contributed by atoms with Crippen molar-refractivity contribution in [2.24, 2.45) is 0 Å². The molecule has 1 aromatic carbocycles. The number of hydrogen-bond donors (Lipinski definition) is 0. The first-order chi connectivity index (χ1) is 11.6. The molecule has 0 aliphatic carbocycles. The summed E-state index contributed by atoms with van der Waals surface area (Å²) in [6.07, 6.45) is 2.65. The Morgan fingerprint density at radius 2 is 2.25 bits per heavy atom. The molecule has 2 aliphatic heterocycles. The second kappa shape index (κ2) is 7.18. The first-order valence-electron chi connectivity index (χ1n) is 8.46. The molecule has 0 radical (unpaired) electrons. The van der Waals surface area contributed by atoms with E-state index in [1.165, 1.54) is 11.6 Å². The molecule has 2 heterocycles.